The molecule has 0 unspecified atom stereocenters. The van der Waals surface area contributed by atoms with Gasteiger partial charge < -0.3 is 15.2 Å². The minimum atomic E-state index is -0.177. The van der Waals surface area contributed by atoms with Gasteiger partial charge in [-0.25, -0.2) is 0 Å². The first-order chi connectivity index (χ1) is 14.7. The van der Waals surface area contributed by atoms with Crippen LogP contribution in [0.1, 0.15) is 26.3 Å². The molecule has 0 saturated carbocycles. The zero-order valence-electron chi connectivity index (χ0n) is 16.2. The van der Waals surface area contributed by atoms with Gasteiger partial charge in [0.15, 0.2) is 0 Å². The lowest BCUT2D eigenvalue weighted by atomic mass is 10.1. The van der Waals surface area contributed by atoms with E-state index in [2.05, 4.69) is 15.6 Å². The second-order valence-electron chi connectivity index (χ2n) is 6.71. The first-order valence-corrected chi connectivity index (χ1v) is 9.51. The number of carbonyl (C=O) groups excluding carboxylic acids is 2. The molecule has 4 aromatic rings. The molecule has 0 aliphatic heterocycles. The molecule has 0 atom stereocenters. The topological polar surface area (TPSA) is 76.0 Å². The molecule has 2 heterocycles. The van der Waals surface area contributed by atoms with Crippen molar-refractivity contribution >= 4 is 17.5 Å². The van der Waals surface area contributed by atoms with Crippen LogP contribution in [0.3, 0.4) is 0 Å². The van der Waals surface area contributed by atoms with Crippen molar-refractivity contribution in [2.45, 2.75) is 6.54 Å². The normalized spacial score (nSPS) is 10.4. The van der Waals surface area contributed by atoms with Crippen LogP contribution in [-0.2, 0) is 6.54 Å². The molecular weight excluding hydrogens is 376 g/mol. The summed E-state index contributed by atoms with van der Waals surface area (Å²) in [6, 6.07) is 22.1. The van der Waals surface area contributed by atoms with Gasteiger partial charge in [0.1, 0.15) is 0 Å². The molecular formula is C24H20N4O2. The summed E-state index contributed by atoms with van der Waals surface area (Å²) < 4.78 is 1.98. The van der Waals surface area contributed by atoms with Crippen molar-refractivity contribution in [2.24, 2.45) is 0 Å². The lowest BCUT2D eigenvalue weighted by Gasteiger charge is -2.09. The Balaban J connectivity index is 1.33. The van der Waals surface area contributed by atoms with Gasteiger partial charge in [0.05, 0.1) is 5.56 Å². The molecule has 0 radical (unpaired) electrons. The summed E-state index contributed by atoms with van der Waals surface area (Å²) in [7, 11) is 0. The number of benzene rings is 2. The van der Waals surface area contributed by atoms with Crippen molar-refractivity contribution in [3.05, 3.63) is 114 Å². The van der Waals surface area contributed by atoms with E-state index in [1.165, 1.54) is 6.20 Å². The predicted molar refractivity (Wildman–Crippen MR) is 116 cm³/mol. The first-order valence-electron chi connectivity index (χ1n) is 9.51. The quantitative estimate of drug-likeness (QED) is 0.516. The van der Waals surface area contributed by atoms with Crippen LogP contribution in [0.25, 0.3) is 5.69 Å². The van der Waals surface area contributed by atoms with Crippen LogP contribution in [0.4, 0.5) is 5.69 Å². The number of hydrogen-bond acceptors (Lipinski definition) is 3. The SMILES string of the molecule is O=C(NCc1ccc(NC(=O)c2ccc(-n3cccc3)cc2)cc1)c1cccnc1. The number of amides is 2. The summed E-state index contributed by atoms with van der Waals surface area (Å²) in [5.74, 6) is -0.351. The zero-order valence-corrected chi connectivity index (χ0v) is 16.2. The lowest BCUT2D eigenvalue weighted by Crippen LogP contribution is -2.22. The highest BCUT2D eigenvalue weighted by Crippen LogP contribution is 2.14. The second-order valence-corrected chi connectivity index (χ2v) is 6.71. The highest BCUT2D eigenvalue weighted by molar-refractivity contribution is 6.04. The number of anilines is 1. The highest BCUT2D eigenvalue weighted by Gasteiger charge is 2.08. The van der Waals surface area contributed by atoms with Gasteiger partial charge in [0.25, 0.3) is 11.8 Å². The fraction of sp³-hybridized carbons (Fsp3) is 0.0417. The standard InChI is InChI=1S/C24H20N4O2/c29-23(20-4-3-13-25-17-20)26-16-18-5-9-21(10-6-18)27-24(30)19-7-11-22(12-8-19)28-14-1-2-15-28/h1-15,17H,16H2,(H,26,29)(H,27,30). The van der Waals surface area contributed by atoms with Crippen molar-refractivity contribution in [1.29, 1.82) is 0 Å². The Morgan fingerprint density at radius 3 is 2.20 bits per heavy atom. The fourth-order valence-corrected chi connectivity index (χ4v) is 2.98. The molecule has 0 fully saturated rings. The number of nitrogens with one attached hydrogen (secondary N) is 2. The molecule has 0 bridgehead atoms. The summed E-state index contributed by atoms with van der Waals surface area (Å²) in [6.07, 6.45) is 7.06. The largest absolute Gasteiger partial charge is 0.348 e. The maximum absolute atomic E-state index is 12.5. The molecule has 4 rings (SSSR count). The number of nitrogens with zero attached hydrogens (tertiary/aromatic N) is 2. The van der Waals surface area contributed by atoms with Crippen LogP contribution in [-0.4, -0.2) is 21.4 Å². The molecule has 0 aliphatic carbocycles. The Morgan fingerprint density at radius 2 is 1.53 bits per heavy atom. The molecule has 2 aromatic heterocycles. The van der Waals surface area contributed by atoms with Crippen molar-refractivity contribution in [3.63, 3.8) is 0 Å². The van der Waals surface area contributed by atoms with E-state index in [4.69, 9.17) is 0 Å². The molecule has 6 heteroatoms. The summed E-state index contributed by atoms with van der Waals surface area (Å²) in [5.41, 5.74) is 3.72. The Kier molecular flexibility index (Phi) is 5.66. The van der Waals surface area contributed by atoms with E-state index in [0.717, 1.165) is 11.3 Å². The zero-order chi connectivity index (χ0) is 20.8. The Hall–Kier alpha value is -4.19. The van der Waals surface area contributed by atoms with Crippen LogP contribution < -0.4 is 10.6 Å². The van der Waals surface area contributed by atoms with Crippen molar-refractivity contribution in [3.8, 4) is 5.69 Å². The van der Waals surface area contributed by atoms with E-state index < -0.39 is 0 Å². The molecule has 6 nitrogen and oxygen atoms in total. The third-order valence-electron chi connectivity index (χ3n) is 4.62. The van der Waals surface area contributed by atoms with Gasteiger partial charge >= 0.3 is 0 Å². The molecule has 0 spiro atoms. The van der Waals surface area contributed by atoms with Crippen LogP contribution >= 0.6 is 0 Å². The first kappa shape index (κ1) is 19.1. The monoisotopic (exact) mass is 396 g/mol. The second kappa shape index (κ2) is 8.87. The minimum absolute atomic E-state index is 0.174. The summed E-state index contributed by atoms with van der Waals surface area (Å²) in [4.78, 5) is 28.5. The van der Waals surface area contributed by atoms with Crippen molar-refractivity contribution in [2.75, 3.05) is 5.32 Å². The van der Waals surface area contributed by atoms with Crippen molar-refractivity contribution in [1.82, 2.24) is 14.9 Å². The maximum atomic E-state index is 12.5. The number of hydrogen-bond donors (Lipinski definition) is 2. The smallest absolute Gasteiger partial charge is 0.255 e. The van der Waals surface area contributed by atoms with Crippen LogP contribution in [0, 0.1) is 0 Å². The molecule has 0 saturated heterocycles. The van der Waals surface area contributed by atoms with Crippen LogP contribution in [0.2, 0.25) is 0 Å². The molecule has 2 aromatic carbocycles. The van der Waals surface area contributed by atoms with Gasteiger partial charge in [0.2, 0.25) is 0 Å². The van der Waals surface area contributed by atoms with Gasteiger partial charge in [0, 0.05) is 48.3 Å². The Labute approximate surface area is 174 Å². The van der Waals surface area contributed by atoms with Gasteiger partial charge in [-0.15, -0.1) is 0 Å². The molecule has 148 valence electrons. The van der Waals surface area contributed by atoms with E-state index in [0.29, 0.717) is 23.4 Å². The van der Waals surface area contributed by atoms with Gasteiger partial charge in [-0.1, -0.05) is 12.1 Å². The average Bonchev–Trinajstić information content (AvgIpc) is 3.34. The third-order valence-corrected chi connectivity index (χ3v) is 4.62. The average molecular weight is 396 g/mol. The van der Waals surface area contributed by atoms with Gasteiger partial charge in [-0.05, 0) is 66.2 Å². The molecule has 0 aliphatic rings. The number of rotatable bonds is 6. The summed E-state index contributed by atoms with van der Waals surface area (Å²) in [5, 5.41) is 5.74. The van der Waals surface area contributed by atoms with Crippen molar-refractivity contribution < 1.29 is 9.59 Å². The van der Waals surface area contributed by atoms with E-state index in [1.807, 2.05) is 65.5 Å². The lowest BCUT2D eigenvalue weighted by molar-refractivity contribution is 0.0949. The van der Waals surface area contributed by atoms with E-state index in [-0.39, 0.29) is 11.8 Å². The number of pyridine rings is 1. The van der Waals surface area contributed by atoms with E-state index in [9.17, 15) is 9.59 Å². The number of carbonyl (C=O) groups is 2. The number of aromatic nitrogens is 2. The minimum Gasteiger partial charge on any atom is -0.348 e. The van der Waals surface area contributed by atoms with Crippen LogP contribution in [0.5, 0.6) is 0 Å². The molecule has 2 N–H and O–H groups in total. The Morgan fingerprint density at radius 1 is 0.800 bits per heavy atom. The molecule has 2 amide bonds. The van der Waals surface area contributed by atoms with Crippen LogP contribution in [0.15, 0.2) is 97.6 Å². The summed E-state index contributed by atoms with van der Waals surface area (Å²) in [6.45, 7) is 0.392. The fourth-order valence-electron chi connectivity index (χ4n) is 2.98. The van der Waals surface area contributed by atoms with Gasteiger partial charge in [-0.2, -0.15) is 0 Å². The predicted octanol–water partition coefficient (Wildman–Crippen LogP) is 4.05. The maximum Gasteiger partial charge on any atom is 0.255 e. The highest BCUT2D eigenvalue weighted by atomic mass is 16.2. The van der Waals surface area contributed by atoms with Gasteiger partial charge in [-0.3, -0.25) is 14.6 Å². The third kappa shape index (κ3) is 4.62. The summed E-state index contributed by atoms with van der Waals surface area (Å²) >= 11 is 0. The van der Waals surface area contributed by atoms with E-state index >= 15 is 0 Å². The Bertz CT molecular complexity index is 1120. The molecule has 30 heavy (non-hydrogen) atoms. The van der Waals surface area contributed by atoms with E-state index in [1.54, 1.807) is 30.5 Å².